The number of carboxylic acids is 1. The van der Waals surface area contributed by atoms with Crippen molar-refractivity contribution in [2.75, 3.05) is 13.2 Å². The van der Waals surface area contributed by atoms with Gasteiger partial charge in [-0.2, -0.15) is 5.48 Å². The van der Waals surface area contributed by atoms with E-state index in [0.29, 0.717) is 67.7 Å². The monoisotopic (exact) mass is 763 g/mol. The van der Waals surface area contributed by atoms with Crippen LogP contribution in [0.3, 0.4) is 0 Å². The van der Waals surface area contributed by atoms with Crippen molar-refractivity contribution in [2.45, 2.75) is 204 Å². The van der Waals surface area contributed by atoms with E-state index in [1.165, 1.54) is 51.4 Å². The van der Waals surface area contributed by atoms with E-state index < -0.39 is 23.9 Å². The molecule has 0 aromatic heterocycles. The molecule has 6 saturated carbocycles. The molecule has 0 radical (unpaired) electrons. The summed E-state index contributed by atoms with van der Waals surface area (Å²) in [4.78, 5) is 35.2. The second-order valence-corrected chi connectivity index (χ2v) is 19.0. The zero-order valence-corrected chi connectivity index (χ0v) is 33.5. The summed E-state index contributed by atoms with van der Waals surface area (Å²) >= 11 is 0. The summed E-state index contributed by atoms with van der Waals surface area (Å²) in [6, 6.07) is 0.473. The number of aliphatic carboxylic acids is 1. The van der Waals surface area contributed by atoms with Gasteiger partial charge >= 0.3 is 5.97 Å². The van der Waals surface area contributed by atoms with Gasteiger partial charge in [0, 0.05) is 12.1 Å². The average Bonchev–Trinajstić information content (AvgIpc) is 3.17. The fraction of sp³-hybridized carbons (Fsp3) is 0.953. The molecule has 0 saturated heterocycles. The van der Waals surface area contributed by atoms with Gasteiger partial charge in [0.1, 0.15) is 0 Å². The molecule has 6 fully saturated rings. The quantitative estimate of drug-likeness (QED) is 0.0833. The van der Waals surface area contributed by atoms with Crippen LogP contribution in [0.1, 0.15) is 162 Å². The van der Waals surface area contributed by atoms with Crippen LogP contribution in [0.4, 0.5) is 0 Å². The maximum Gasteiger partial charge on any atom is 0.307 e. The van der Waals surface area contributed by atoms with Gasteiger partial charge in [-0.25, -0.2) is 4.89 Å². The minimum atomic E-state index is -0.984. The van der Waals surface area contributed by atoms with Gasteiger partial charge in [0.15, 0.2) is 0 Å². The lowest BCUT2D eigenvalue weighted by molar-refractivity contribution is -0.256. The number of aliphatic hydroxyl groups excluding tert-OH is 1. The molecule has 5 unspecified atom stereocenters. The number of hydroxylamine groups is 1. The number of hydrogen-bond acceptors (Lipinski definition) is 9. The van der Waals surface area contributed by atoms with Crippen LogP contribution in [-0.4, -0.2) is 83.2 Å². The van der Waals surface area contributed by atoms with Crippen LogP contribution >= 0.6 is 0 Å². The van der Waals surface area contributed by atoms with E-state index in [-0.39, 0.29) is 24.5 Å². The normalized spacial score (nSPS) is 39.8. The highest BCUT2D eigenvalue weighted by Gasteiger charge is 2.43. The second kappa shape index (κ2) is 20.4. The Labute approximate surface area is 324 Å². The minimum Gasteiger partial charge on any atom is -0.481 e. The lowest BCUT2D eigenvalue weighted by Gasteiger charge is -2.47. The maximum atomic E-state index is 13.0. The summed E-state index contributed by atoms with van der Waals surface area (Å²) in [5.74, 6) is -0.166. The van der Waals surface area contributed by atoms with Gasteiger partial charge in [0.2, 0.25) is 5.91 Å². The summed E-state index contributed by atoms with van der Waals surface area (Å²) in [5, 5.41) is 31.6. The molecule has 6 aliphatic carbocycles. The first-order valence-electron chi connectivity index (χ1n) is 22.2. The van der Waals surface area contributed by atoms with Gasteiger partial charge in [-0.05, 0) is 164 Å². The molecule has 0 heterocycles. The van der Waals surface area contributed by atoms with Crippen molar-refractivity contribution in [3.63, 3.8) is 0 Å². The molecule has 0 bridgehead atoms. The third-order valence-corrected chi connectivity index (χ3v) is 15.3. The SMILES string of the molecule is CC(C)(C1CCC(OC2CCC(NOCC3CCCCC3COO)CC2)CC1)C1CCC(OC2CCC(NC(=O)C3CCC(O)CC3C(=O)O)CC2)CC1. The Kier molecular flexibility index (Phi) is 16.0. The number of rotatable bonds is 15. The lowest BCUT2D eigenvalue weighted by Crippen LogP contribution is -2.47. The number of carbonyl (C=O) groups excluding carboxylic acids is 1. The fourth-order valence-corrected chi connectivity index (χ4v) is 11.6. The van der Waals surface area contributed by atoms with Crippen molar-refractivity contribution in [3.8, 4) is 0 Å². The molecule has 0 aromatic carbocycles. The van der Waals surface area contributed by atoms with Gasteiger partial charge in [-0.3, -0.25) is 14.8 Å². The first-order valence-corrected chi connectivity index (χ1v) is 22.2. The molecule has 11 heteroatoms. The van der Waals surface area contributed by atoms with E-state index in [0.717, 1.165) is 88.9 Å². The molecule has 5 atom stereocenters. The molecular formula is C43H74N2O9. The van der Waals surface area contributed by atoms with Crippen LogP contribution in [-0.2, 0) is 28.8 Å². The Hall–Kier alpha value is -1.34. The van der Waals surface area contributed by atoms with E-state index in [1.807, 2.05) is 0 Å². The summed E-state index contributed by atoms with van der Waals surface area (Å²) in [6.07, 6.45) is 24.1. The molecule has 310 valence electrons. The predicted octanol–water partition coefficient (Wildman–Crippen LogP) is 7.58. The van der Waals surface area contributed by atoms with Gasteiger partial charge in [0.25, 0.3) is 0 Å². The molecule has 0 aliphatic heterocycles. The molecule has 0 aromatic rings. The largest absolute Gasteiger partial charge is 0.481 e. The topological polar surface area (TPSA) is 156 Å². The molecular weight excluding hydrogens is 688 g/mol. The highest BCUT2D eigenvalue weighted by molar-refractivity contribution is 5.85. The molecule has 54 heavy (non-hydrogen) atoms. The minimum absolute atomic E-state index is 0.0770. The molecule has 6 aliphatic rings. The first-order chi connectivity index (χ1) is 26.1. The number of carbonyl (C=O) groups is 2. The Bertz CT molecular complexity index is 1140. The number of nitrogens with one attached hydrogen (secondary N) is 2. The summed E-state index contributed by atoms with van der Waals surface area (Å²) in [7, 11) is 0. The number of hydrogen-bond donors (Lipinski definition) is 5. The maximum absolute atomic E-state index is 13.0. The van der Waals surface area contributed by atoms with E-state index in [4.69, 9.17) is 19.6 Å². The van der Waals surface area contributed by atoms with Gasteiger partial charge in [0.05, 0.1) is 55.6 Å². The number of amides is 1. The van der Waals surface area contributed by atoms with Crippen molar-refractivity contribution < 1.29 is 44.3 Å². The van der Waals surface area contributed by atoms with Crippen molar-refractivity contribution >= 4 is 11.9 Å². The summed E-state index contributed by atoms with van der Waals surface area (Å²) in [5.41, 5.74) is 3.68. The fourth-order valence-electron chi connectivity index (χ4n) is 11.6. The van der Waals surface area contributed by atoms with Crippen molar-refractivity contribution in [1.82, 2.24) is 10.8 Å². The van der Waals surface area contributed by atoms with Crippen LogP contribution in [0.15, 0.2) is 0 Å². The molecule has 5 N–H and O–H groups in total. The molecule has 6 rings (SSSR count). The van der Waals surface area contributed by atoms with Crippen molar-refractivity contribution in [1.29, 1.82) is 0 Å². The lowest BCUT2D eigenvalue weighted by atomic mass is 9.60. The van der Waals surface area contributed by atoms with E-state index in [1.54, 1.807) is 0 Å². The van der Waals surface area contributed by atoms with Crippen LogP contribution < -0.4 is 10.8 Å². The Balaban J connectivity index is 0.823. The Morgan fingerprint density at radius 1 is 0.611 bits per heavy atom. The van der Waals surface area contributed by atoms with E-state index in [9.17, 15) is 19.8 Å². The summed E-state index contributed by atoms with van der Waals surface area (Å²) < 4.78 is 13.4. The molecule has 0 spiro atoms. The standard InChI is InChI=1S/C43H74N2O9/c1-43(2,31-9-18-36(19-10-31)54-38-22-13-33(14-23-38)45-51-26-28-5-3-4-6-29(28)27-52-50)30-7-16-35(17-8-30)53-37-20-11-32(12-21-37)44-41(47)39-24-15-34(46)25-40(39)42(48)49/h28-40,45-46,50H,3-27H2,1-2H3,(H,44,47)(H,48,49). The van der Waals surface area contributed by atoms with Crippen LogP contribution in [0.5, 0.6) is 0 Å². The Morgan fingerprint density at radius 3 is 1.59 bits per heavy atom. The first kappa shape index (κ1) is 42.3. The van der Waals surface area contributed by atoms with Crippen molar-refractivity contribution in [2.24, 2.45) is 40.9 Å². The van der Waals surface area contributed by atoms with Crippen LogP contribution in [0, 0.1) is 40.9 Å². The number of aliphatic hydroxyl groups is 1. The zero-order valence-electron chi connectivity index (χ0n) is 33.5. The smallest absolute Gasteiger partial charge is 0.307 e. The van der Waals surface area contributed by atoms with E-state index >= 15 is 0 Å². The summed E-state index contributed by atoms with van der Waals surface area (Å²) in [6.45, 7) is 6.16. The number of ether oxygens (including phenoxy) is 2. The molecule has 1 amide bonds. The van der Waals surface area contributed by atoms with Crippen molar-refractivity contribution in [3.05, 3.63) is 0 Å². The van der Waals surface area contributed by atoms with E-state index in [2.05, 4.69) is 29.5 Å². The van der Waals surface area contributed by atoms with Gasteiger partial charge in [-0.15, -0.1) is 0 Å². The van der Waals surface area contributed by atoms with Gasteiger partial charge < -0.3 is 29.8 Å². The average molecular weight is 763 g/mol. The third kappa shape index (κ3) is 11.6. The second-order valence-electron chi connectivity index (χ2n) is 19.0. The van der Waals surface area contributed by atoms with Crippen LogP contribution in [0.2, 0.25) is 0 Å². The highest BCUT2D eigenvalue weighted by atomic mass is 17.1. The highest BCUT2D eigenvalue weighted by Crippen LogP contribution is 2.49. The molecule has 11 nitrogen and oxygen atoms in total. The Morgan fingerprint density at radius 2 is 1.09 bits per heavy atom. The predicted molar refractivity (Wildman–Crippen MR) is 205 cm³/mol. The number of carboxylic acid groups (broad SMARTS) is 1. The van der Waals surface area contributed by atoms with Crippen LogP contribution in [0.25, 0.3) is 0 Å². The van der Waals surface area contributed by atoms with Gasteiger partial charge in [-0.1, -0.05) is 26.7 Å². The zero-order chi connectivity index (χ0) is 38.1. The third-order valence-electron chi connectivity index (χ3n) is 15.3.